The Bertz CT molecular complexity index is 575. The Morgan fingerprint density at radius 1 is 1.38 bits per heavy atom. The summed E-state index contributed by atoms with van der Waals surface area (Å²) in [5, 5.41) is 11.4. The van der Waals surface area contributed by atoms with Gasteiger partial charge in [-0.15, -0.1) is 0 Å². The maximum absolute atomic E-state index is 13.7. The second-order valence-electron chi connectivity index (χ2n) is 5.26. The summed E-state index contributed by atoms with van der Waals surface area (Å²) in [4.78, 5) is 14.1. The fourth-order valence-corrected chi connectivity index (χ4v) is 2.43. The number of halogens is 2. The molecule has 0 aliphatic carbocycles. The van der Waals surface area contributed by atoms with Gasteiger partial charge in [0.15, 0.2) is 0 Å². The Morgan fingerprint density at radius 2 is 2.05 bits per heavy atom. The van der Waals surface area contributed by atoms with Crippen LogP contribution in [0.5, 0.6) is 0 Å². The lowest BCUT2D eigenvalue weighted by molar-refractivity contribution is 0.0910. The van der Waals surface area contributed by atoms with E-state index in [2.05, 4.69) is 11.4 Å². The average molecular weight is 293 g/mol. The van der Waals surface area contributed by atoms with Crippen LogP contribution < -0.4 is 5.32 Å². The predicted octanol–water partition coefficient (Wildman–Crippen LogP) is 1.99. The highest BCUT2D eigenvalue weighted by molar-refractivity contribution is 5.94. The number of likely N-dealkylation sites (tertiary alicyclic amines) is 1. The van der Waals surface area contributed by atoms with Gasteiger partial charge in [-0.2, -0.15) is 5.26 Å². The van der Waals surface area contributed by atoms with Gasteiger partial charge in [-0.3, -0.25) is 9.69 Å². The van der Waals surface area contributed by atoms with E-state index in [1.807, 2.05) is 4.90 Å². The third kappa shape index (κ3) is 3.76. The molecule has 1 fully saturated rings. The first-order chi connectivity index (χ1) is 10.0. The quantitative estimate of drug-likeness (QED) is 0.867. The SMILES string of the molecule is Cc1cc(C(=O)NC2CCN(CC#N)CC2)c(F)cc1F. The van der Waals surface area contributed by atoms with Gasteiger partial charge in [0.1, 0.15) is 11.6 Å². The highest BCUT2D eigenvalue weighted by atomic mass is 19.1. The first-order valence-corrected chi connectivity index (χ1v) is 6.87. The highest BCUT2D eigenvalue weighted by Crippen LogP contribution is 2.16. The largest absolute Gasteiger partial charge is 0.349 e. The lowest BCUT2D eigenvalue weighted by Crippen LogP contribution is -2.44. The van der Waals surface area contributed by atoms with Crippen molar-refractivity contribution in [3.63, 3.8) is 0 Å². The number of piperidine rings is 1. The second-order valence-corrected chi connectivity index (χ2v) is 5.26. The molecule has 1 amide bonds. The molecule has 112 valence electrons. The molecule has 1 saturated heterocycles. The Balaban J connectivity index is 1.97. The molecule has 0 bridgehead atoms. The molecule has 0 saturated carbocycles. The molecule has 1 aliphatic heterocycles. The number of carbonyl (C=O) groups excluding carboxylic acids is 1. The van der Waals surface area contributed by atoms with Gasteiger partial charge in [-0.05, 0) is 31.4 Å². The zero-order chi connectivity index (χ0) is 15.4. The van der Waals surface area contributed by atoms with E-state index >= 15 is 0 Å². The number of nitrogens with one attached hydrogen (secondary N) is 1. The molecule has 0 aromatic heterocycles. The zero-order valence-corrected chi connectivity index (χ0v) is 11.8. The normalized spacial score (nSPS) is 16.5. The van der Waals surface area contributed by atoms with E-state index in [0.29, 0.717) is 6.54 Å². The number of amides is 1. The van der Waals surface area contributed by atoms with Gasteiger partial charge in [0, 0.05) is 25.2 Å². The standard InChI is InChI=1S/C15H17F2N3O/c1-10-8-12(14(17)9-13(10)16)15(21)19-11-2-5-20(6-3-11)7-4-18/h8-9,11H,2-3,5-7H2,1H3,(H,19,21). The van der Waals surface area contributed by atoms with Crippen molar-refractivity contribution in [2.75, 3.05) is 19.6 Å². The lowest BCUT2D eigenvalue weighted by atomic mass is 10.0. The third-order valence-corrected chi connectivity index (χ3v) is 3.71. The van der Waals surface area contributed by atoms with Crippen LogP contribution in [0.3, 0.4) is 0 Å². The van der Waals surface area contributed by atoms with E-state index in [-0.39, 0.29) is 17.2 Å². The van der Waals surface area contributed by atoms with E-state index in [1.165, 1.54) is 13.0 Å². The van der Waals surface area contributed by atoms with Crippen LogP contribution in [0.4, 0.5) is 8.78 Å². The molecule has 0 spiro atoms. The van der Waals surface area contributed by atoms with Crippen LogP contribution in [0.1, 0.15) is 28.8 Å². The van der Waals surface area contributed by atoms with Crippen molar-refractivity contribution in [3.8, 4) is 6.07 Å². The molecule has 0 atom stereocenters. The van der Waals surface area contributed by atoms with Gasteiger partial charge in [0.2, 0.25) is 0 Å². The maximum atomic E-state index is 13.7. The molecule has 6 heteroatoms. The van der Waals surface area contributed by atoms with Gasteiger partial charge in [0.05, 0.1) is 18.2 Å². The molecular weight excluding hydrogens is 276 g/mol. The minimum Gasteiger partial charge on any atom is -0.349 e. The number of carbonyl (C=O) groups is 1. The Labute approximate surface area is 122 Å². The van der Waals surface area contributed by atoms with Crippen molar-refractivity contribution in [2.24, 2.45) is 0 Å². The van der Waals surface area contributed by atoms with Gasteiger partial charge < -0.3 is 5.32 Å². The van der Waals surface area contributed by atoms with Crippen molar-refractivity contribution in [1.82, 2.24) is 10.2 Å². The molecule has 1 heterocycles. The predicted molar refractivity (Wildman–Crippen MR) is 73.6 cm³/mol. The smallest absolute Gasteiger partial charge is 0.254 e. The van der Waals surface area contributed by atoms with Crippen LogP contribution in [0, 0.1) is 29.9 Å². The van der Waals surface area contributed by atoms with Crippen LogP contribution in [0.25, 0.3) is 0 Å². The third-order valence-electron chi connectivity index (χ3n) is 3.71. The zero-order valence-electron chi connectivity index (χ0n) is 11.8. The van der Waals surface area contributed by atoms with E-state index < -0.39 is 17.5 Å². The van der Waals surface area contributed by atoms with Crippen LogP contribution >= 0.6 is 0 Å². The molecule has 1 N–H and O–H groups in total. The van der Waals surface area contributed by atoms with Crippen molar-refractivity contribution in [2.45, 2.75) is 25.8 Å². The van der Waals surface area contributed by atoms with Crippen molar-refractivity contribution < 1.29 is 13.6 Å². The molecule has 0 radical (unpaired) electrons. The summed E-state index contributed by atoms with van der Waals surface area (Å²) in [6, 6.07) is 4.01. The van der Waals surface area contributed by atoms with Crippen LogP contribution in [0.2, 0.25) is 0 Å². The number of aryl methyl sites for hydroxylation is 1. The first-order valence-electron chi connectivity index (χ1n) is 6.87. The maximum Gasteiger partial charge on any atom is 0.254 e. The summed E-state index contributed by atoms with van der Waals surface area (Å²) >= 11 is 0. The van der Waals surface area contributed by atoms with Gasteiger partial charge in [0.25, 0.3) is 5.91 Å². The number of hydrogen-bond acceptors (Lipinski definition) is 3. The molecular formula is C15H17F2N3O. The Morgan fingerprint density at radius 3 is 2.67 bits per heavy atom. The number of rotatable bonds is 3. The summed E-state index contributed by atoms with van der Waals surface area (Å²) < 4.78 is 26.8. The minimum absolute atomic E-state index is 0.0443. The second kappa shape index (κ2) is 6.64. The van der Waals surface area contributed by atoms with Crippen LogP contribution in [0.15, 0.2) is 12.1 Å². The lowest BCUT2D eigenvalue weighted by Gasteiger charge is -2.30. The van der Waals surface area contributed by atoms with Gasteiger partial charge in [-0.25, -0.2) is 8.78 Å². The molecule has 1 aromatic carbocycles. The number of nitriles is 1. The fourth-order valence-electron chi connectivity index (χ4n) is 2.43. The molecule has 2 rings (SSSR count). The number of hydrogen-bond donors (Lipinski definition) is 1. The summed E-state index contributed by atoms with van der Waals surface area (Å²) in [6.45, 7) is 3.32. The van der Waals surface area contributed by atoms with E-state index in [0.717, 1.165) is 32.0 Å². The Hall–Kier alpha value is -2.00. The minimum atomic E-state index is -0.850. The van der Waals surface area contributed by atoms with Crippen LogP contribution in [-0.2, 0) is 0 Å². The molecule has 1 aliphatic rings. The number of benzene rings is 1. The van der Waals surface area contributed by atoms with Crippen molar-refractivity contribution in [1.29, 1.82) is 5.26 Å². The van der Waals surface area contributed by atoms with Gasteiger partial charge in [-0.1, -0.05) is 0 Å². The topological polar surface area (TPSA) is 56.1 Å². The molecule has 4 nitrogen and oxygen atoms in total. The molecule has 0 unspecified atom stereocenters. The fraction of sp³-hybridized carbons (Fsp3) is 0.467. The monoisotopic (exact) mass is 293 g/mol. The van der Waals surface area contributed by atoms with Crippen molar-refractivity contribution in [3.05, 3.63) is 34.9 Å². The highest BCUT2D eigenvalue weighted by Gasteiger charge is 2.22. The van der Waals surface area contributed by atoms with E-state index in [4.69, 9.17) is 5.26 Å². The van der Waals surface area contributed by atoms with Gasteiger partial charge >= 0.3 is 0 Å². The van der Waals surface area contributed by atoms with Crippen LogP contribution in [-0.4, -0.2) is 36.5 Å². The summed E-state index contributed by atoms with van der Waals surface area (Å²) in [5.74, 6) is -2.03. The Kier molecular flexibility index (Phi) is 4.86. The summed E-state index contributed by atoms with van der Waals surface area (Å²) in [5.41, 5.74) is 0.110. The summed E-state index contributed by atoms with van der Waals surface area (Å²) in [6.07, 6.45) is 1.43. The molecule has 1 aromatic rings. The van der Waals surface area contributed by atoms with E-state index in [9.17, 15) is 13.6 Å². The first kappa shape index (κ1) is 15.4. The number of nitrogens with zero attached hydrogens (tertiary/aromatic N) is 2. The molecule has 21 heavy (non-hydrogen) atoms. The van der Waals surface area contributed by atoms with Crippen molar-refractivity contribution >= 4 is 5.91 Å². The summed E-state index contributed by atoms with van der Waals surface area (Å²) in [7, 11) is 0. The average Bonchev–Trinajstić information content (AvgIpc) is 2.45. The van der Waals surface area contributed by atoms with E-state index in [1.54, 1.807) is 0 Å².